The molecule has 1 aliphatic rings. The molecule has 2 amide bonds. The lowest BCUT2D eigenvalue weighted by Gasteiger charge is -2.28. The molecule has 2 aromatic carbocycles. The van der Waals surface area contributed by atoms with Crippen LogP contribution < -0.4 is 20.3 Å². The van der Waals surface area contributed by atoms with Crippen molar-refractivity contribution in [3.63, 3.8) is 0 Å². The fourth-order valence-electron chi connectivity index (χ4n) is 3.49. The number of aromatic nitrogens is 2. The highest BCUT2D eigenvalue weighted by molar-refractivity contribution is 6.03. The summed E-state index contributed by atoms with van der Waals surface area (Å²) in [4.78, 5) is 35.2. The smallest absolute Gasteiger partial charge is 0.247 e. The van der Waals surface area contributed by atoms with E-state index in [2.05, 4.69) is 27.2 Å². The molecule has 1 aromatic heterocycles. The molecule has 3 aromatic rings. The van der Waals surface area contributed by atoms with Crippen molar-refractivity contribution in [3.05, 3.63) is 72.9 Å². The summed E-state index contributed by atoms with van der Waals surface area (Å²) in [5.74, 6) is 1.20. The first-order chi connectivity index (χ1) is 16.6. The molecule has 0 bridgehead atoms. The minimum atomic E-state index is -0.327. The summed E-state index contributed by atoms with van der Waals surface area (Å²) in [6.45, 7) is 4.45. The molecule has 2 N–H and O–H groups in total. The number of amides is 2. The standard InChI is InChI=1S/C25H25N5O4/c1-3-22(31)27-19-5-4-6-20(15-19)30-23(32)12-7-17-16-26-25(29-24(17)30)28-18-8-10-21(11-9-18)34-14-13-33-2/h3-6,8-11,15-16H,1,7,12-14H2,2H3,(H,27,31)(H,26,28,29). The number of nitrogens with zero attached hydrogens (tertiary/aromatic N) is 3. The first-order valence-electron chi connectivity index (χ1n) is 10.8. The Morgan fingerprint density at radius 1 is 1.15 bits per heavy atom. The zero-order valence-corrected chi connectivity index (χ0v) is 18.8. The number of rotatable bonds is 9. The molecule has 34 heavy (non-hydrogen) atoms. The molecular weight excluding hydrogens is 434 g/mol. The highest BCUT2D eigenvalue weighted by atomic mass is 16.5. The average molecular weight is 460 g/mol. The van der Waals surface area contributed by atoms with Gasteiger partial charge in [-0.3, -0.25) is 14.5 Å². The van der Waals surface area contributed by atoms with Crippen molar-refractivity contribution < 1.29 is 19.1 Å². The summed E-state index contributed by atoms with van der Waals surface area (Å²) in [6.07, 6.45) is 3.83. The van der Waals surface area contributed by atoms with E-state index < -0.39 is 0 Å². The molecule has 2 heterocycles. The number of nitrogens with one attached hydrogen (secondary N) is 2. The fraction of sp³-hybridized carbons (Fsp3) is 0.200. The number of aryl methyl sites for hydroxylation is 1. The van der Waals surface area contributed by atoms with Gasteiger partial charge in [0.25, 0.3) is 0 Å². The van der Waals surface area contributed by atoms with Crippen molar-refractivity contribution in [2.24, 2.45) is 0 Å². The second kappa shape index (κ2) is 10.6. The first kappa shape index (κ1) is 22.9. The third-order valence-electron chi connectivity index (χ3n) is 5.14. The van der Waals surface area contributed by atoms with Crippen molar-refractivity contribution >= 4 is 40.6 Å². The van der Waals surface area contributed by atoms with E-state index in [1.54, 1.807) is 42.5 Å². The maximum Gasteiger partial charge on any atom is 0.247 e. The van der Waals surface area contributed by atoms with Crippen LogP contribution in [0.1, 0.15) is 12.0 Å². The summed E-state index contributed by atoms with van der Waals surface area (Å²) in [7, 11) is 1.63. The highest BCUT2D eigenvalue weighted by Gasteiger charge is 2.28. The van der Waals surface area contributed by atoms with Crippen molar-refractivity contribution in [1.82, 2.24) is 9.97 Å². The van der Waals surface area contributed by atoms with Gasteiger partial charge >= 0.3 is 0 Å². The Kier molecular flexibility index (Phi) is 7.14. The Labute approximate surface area is 197 Å². The lowest BCUT2D eigenvalue weighted by molar-refractivity contribution is -0.118. The van der Waals surface area contributed by atoms with Gasteiger partial charge in [-0.25, -0.2) is 4.98 Å². The molecule has 0 atom stereocenters. The molecule has 0 unspecified atom stereocenters. The van der Waals surface area contributed by atoms with Gasteiger partial charge < -0.3 is 20.1 Å². The van der Waals surface area contributed by atoms with Crippen molar-refractivity contribution in [1.29, 1.82) is 0 Å². The van der Waals surface area contributed by atoms with Crippen LogP contribution in [0.15, 0.2) is 67.4 Å². The molecule has 9 nitrogen and oxygen atoms in total. The zero-order chi connectivity index (χ0) is 23.9. The van der Waals surface area contributed by atoms with E-state index in [-0.39, 0.29) is 11.8 Å². The first-order valence-corrected chi connectivity index (χ1v) is 10.8. The Morgan fingerprint density at radius 3 is 2.74 bits per heavy atom. The van der Waals surface area contributed by atoms with Crippen LogP contribution in [-0.4, -0.2) is 42.1 Å². The van der Waals surface area contributed by atoms with E-state index in [0.717, 1.165) is 17.0 Å². The molecule has 1 aliphatic heterocycles. The third kappa shape index (κ3) is 5.38. The maximum atomic E-state index is 12.9. The van der Waals surface area contributed by atoms with E-state index in [9.17, 15) is 9.59 Å². The van der Waals surface area contributed by atoms with Crippen LogP contribution in [-0.2, 0) is 20.7 Å². The number of anilines is 5. The van der Waals surface area contributed by atoms with Gasteiger partial charge in [0.1, 0.15) is 18.2 Å². The molecule has 0 radical (unpaired) electrons. The van der Waals surface area contributed by atoms with Crippen molar-refractivity contribution in [2.45, 2.75) is 12.8 Å². The normalized spacial score (nSPS) is 12.6. The summed E-state index contributed by atoms with van der Waals surface area (Å²) < 4.78 is 10.6. The van der Waals surface area contributed by atoms with Gasteiger partial charge in [-0.05, 0) is 55.0 Å². The van der Waals surface area contributed by atoms with Crippen molar-refractivity contribution in [3.8, 4) is 5.75 Å². The second-order valence-electron chi connectivity index (χ2n) is 7.51. The molecular formula is C25H25N5O4. The van der Waals surface area contributed by atoms with Crippen LogP contribution in [0.25, 0.3) is 0 Å². The number of methoxy groups -OCH3 is 1. The van der Waals surface area contributed by atoms with Gasteiger partial charge in [-0.2, -0.15) is 4.98 Å². The molecule has 174 valence electrons. The molecule has 0 saturated heterocycles. The maximum absolute atomic E-state index is 12.9. The Bertz CT molecular complexity index is 1200. The quantitative estimate of drug-likeness (QED) is 0.368. The summed E-state index contributed by atoms with van der Waals surface area (Å²) in [5.41, 5.74) is 2.81. The third-order valence-corrected chi connectivity index (χ3v) is 5.14. The lowest BCUT2D eigenvalue weighted by atomic mass is 10.1. The number of benzene rings is 2. The van der Waals surface area contributed by atoms with E-state index in [4.69, 9.17) is 9.47 Å². The van der Waals surface area contributed by atoms with Crippen LogP contribution in [0, 0.1) is 0 Å². The van der Waals surface area contributed by atoms with Crippen LogP contribution in [0.5, 0.6) is 5.75 Å². The number of carbonyl (C=O) groups excluding carboxylic acids is 2. The topological polar surface area (TPSA) is 106 Å². The molecule has 9 heteroatoms. The summed E-state index contributed by atoms with van der Waals surface area (Å²) in [5, 5.41) is 5.89. The van der Waals surface area contributed by atoms with Gasteiger partial charge in [-0.1, -0.05) is 12.6 Å². The largest absolute Gasteiger partial charge is 0.491 e. The number of carbonyl (C=O) groups is 2. The molecule has 4 rings (SSSR count). The van der Waals surface area contributed by atoms with E-state index in [1.807, 2.05) is 24.3 Å². The number of hydrogen-bond acceptors (Lipinski definition) is 7. The minimum Gasteiger partial charge on any atom is -0.491 e. The monoisotopic (exact) mass is 459 g/mol. The van der Waals surface area contributed by atoms with Crippen LogP contribution in [0.4, 0.5) is 28.8 Å². The highest BCUT2D eigenvalue weighted by Crippen LogP contribution is 2.34. The Balaban J connectivity index is 1.57. The summed E-state index contributed by atoms with van der Waals surface area (Å²) in [6, 6.07) is 14.5. The second-order valence-corrected chi connectivity index (χ2v) is 7.51. The number of hydrogen-bond donors (Lipinski definition) is 2. The summed E-state index contributed by atoms with van der Waals surface area (Å²) >= 11 is 0. The molecule has 0 saturated carbocycles. The zero-order valence-electron chi connectivity index (χ0n) is 18.8. The molecule has 0 spiro atoms. The predicted octanol–water partition coefficient (Wildman–Crippen LogP) is 3.98. The van der Waals surface area contributed by atoms with Crippen LogP contribution in [0.2, 0.25) is 0 Å². The SMILES string of the molecule is C=CC(=O)Nc1cccc(N2C(=O)CCc3cnc(Nc4ccc(OCCOC)cc4)nc32)c1. The van der Waals surface area contributed by atoms with Crippen LogP contribution in [0.3, 0.4) is 0 Å². The molecule has 0 aliphatic carbocycles. The lowest BCUT2D eigenvalue weighted by Crippen LogP contribution is -2.32. The van der Waals surface area contributed by atoms with E-state index in [0.29, 0.717) is 49.2 Å². The predicted molar refractivity (Wildman–Crippen MR) is 130 cm³/mol. The van der Waals surface area contributed by atoms with Crippen molar-refractivity contribution in [2.75, 3.05) is 35.9 Å². The molecule has 0 fully saturated rings. The van der Waals surface area contributed by atoms with Crippen LogP contribution >= 0.6 is 0 Å². The Hall–Kier alpha value is -4.24. The van der Waals surface area contributed by atoms with Gasteiger partial charge in [-0.15, -0.1) is 0 Å². The number of fused-ring (bicyclic) bond motifs is 1. The fourth-order valence-corrected chi connectivity index (χ4v) is 3.49. The van der Waals surface area contributed by atoms with Gasteiger partial charge in [0.05, 0.1) is 12.3 Å². The van der Waals surface area contributed by atoms with E-state index >= 15 is 0 Å². The average Bonchev–Trinajstić information content (AvgIpc) is 2.85. The Morgan fingerprint density at radius 2 is 1.97 bits per heavy atom. The minimum absolute atomic E-state index is 0.0816. The van der Waals surface area contributed by atoms with E-state index in [1.165, 1.54) is 6.08 Å². The van der Waals surface area contributed by atoms with Gasteiger partial charge in [0.2, 0.25) is 17.8 Å². The van der Waals surface area contributed by atoms with Gasteiger partial charge in [0, 0.05) is 36.7 Å². The van der Waals surface area contributed by atoms with Gasteiger partial charge in [0.15, 0.2) is 0 Å². The number of ether oxygens (including phenoxy) is 2.